The van der Waals surface area contributed by atoms with Gasteiger partial charge >= 0.3 is 0 Å². The molecule has 0 atom stereocenters. The van der Waals surface area contributed by atoms with Crippen LogP contribution in [0.4, 0.5) is 22.9 Å². The van der Waals surface area contributed by atoms with Gasteiger partial charge in [0.15, 0.2) is 0 Å². The maximum atomic E-state index is 11.9. The molecular weight excluding hydrogens is 328 g/mol. The van der Waals surface area contributed by atoms with Gasteiger partial charge in [0.2, 0.25) is 5.91 Å². The molecule has 1 amide bonds. The predicted molar refractivity (Wildman–Crippen MR) is 103 cm³/mol. The van der Waals surface area contributed by atoms with E-state index in [9.17, 15) is 9.90 Å². The number of aromatic nitrogens is 1. The molecule has 0 spiro atoms. The number of aryl methyl sites for hydroxylation is 1. The molecule has 26 heavy (non-hydrogen) atoms. The van der Waals surface area contributed by atoms with Crippen LogP contribution in [-0.4, -0.2) is 42.2 Å². The SMILES string of the molecule is CN1C(=O)CCc2cnc(Nc3ccc(N4CCC(O)CC4)cc3)cc21. The number of nitrogens with zero attached hydrogens (tertiary/aromatic N) is 3. The van der Waals surface area contributed by atoms with Crippen molar-refractivity contribution in [2.24, 2.45) is 0 Å². The van der Waals surface area contributed by atoms with Gasteiger partial charge in [-0.2, -0.15) is 0 Å². The quantitative estimate of drug-likeness (QED) is 0.889. The molecule has 2 aliphatic heterocycles. The van der Waals surface area contributed by atoms with Crippen molar-refractivity contribution in [3.63, 3.8) is 0 Å². The highest BCUT2D eigenvalue weighted by Crippen LogP contribution is 2.29. The third kappa shape index (κ3) is 3.37. The first-order valence-corrected chi connectivity index (χ1v) is 9.16. The normalized spacial score (nSPS) is 18.0. The van der Waals surface area contributed by atoms with Gasteiger partial charge in [-0.1, -0.05) is 0 Å². The Labute approximate surface area is 153 Å². The zero-order valence-corrected chi connectivity index (χ0v) is 15.0. The molecule has 1 aromatic carbocycles. The number of benzene rings is 1. The standard InChI is InChI=1S/C20H24N4O2/c1-23-18-12-19(21-13-14(18)2-7-20(23)26)22-15-3-5-16(6-4-15)24-10-8-17(25)9-11-24/h3-6,12-13,17,25H,2,7-11H2,1H3,(H,21,22). The van der Waals surface area contributed by atoms with Crippen molar-refractivity contribution in [1.29, 1.82) is 0 Å². The highest BCUT2D eigenvalue weighted by Gasteiger charge is 2.21. The molecule has 2 aromatic rings. The largest absolute Gasteiger partial charge is 0.393 e. The lowest BCUT2D eigenvalue weighted by Crippen LogP contribution is -2.35. The molecule has 1 saturated heterocycles. The smallest absolute Gasteiger partial charge is 0.227 e. The van der Waals surface area contributed by atoms with Crippen LogP contribution in [0.3, 0.4) is 0 Å². The second-order valence-corrected chi connectivity index (χ2v) is 7.04. The van der Waals surface area contributed by atoms with Crippen LogP contribution in [-0.2, 0) is 11.2 Å². The van der Waals surface area contributed by atoms with Crippen LogP contribution in [0, 0.1) is 0 Å². The monoisotopic (exact) mass is 352 g/mol. The van der Waals surface area contributed by atoms with E-state index in [1.165, 1.54) is 5.69 Å². The molecule has 0 unspecified atom stereocenters. The molecule has 136 valence electrons. The highest BCUT2D eigenvalue weighted by molar-refractivity contribution is 5.96. The van der Waals surface area contributed by atoms with Gasteiger partial charge in [-0.15, -0.1) is 0 Å². The summed E-state index contributed by atoms with van der Waals surface area (Å²) < 4.78 is 0. The van der Waals surface area contributed by atoms with Crippen LogP contribution in [0.25, 0.3) is 0 Å². The second-order valence-electron chi connectivity index (χ2n) is 7.04. The molecule has 0 aliphatic carbocycles. The summed E-state index contributed by atoms with van der Waals surface area (Å²) in [5.41, 5.74) is 4.18. The molecule has 6 nitrogen and oxygen atoms in total. The Bertz CT molecular complexity index is 798. The fraction of sp³-hybridized carbons (Fsp3) is 0.400. The Hall–Kier alpha value is -2.60. The molecule has 3 heterocycles. The van der Waals surface area contributed by atoms with Gasteiger partial charge in [0, 0.05) is 50.2 Å². The first kappa shape index (κ1) is 16.8. The van der Waals surface area contributed by atoms with Crippen LogP contribution >= 0.6 is 0 Å². The second kappa shape index (κ2) is 6.96. The Morgan fingerprint density at radius 3 is 2.62 bits per heavy atom. The van der Waals surface area contributed by atoms with Crippen molar-refractivity contribution in [3.05, 3.63) is 42.1 Å². The molecule has 2 aliphatic rings. The van der Waals surface area contributed by atoms with Gasteiger partial charge in [-0.25, -0.2) is 4.98 Å². The average molecular weight is 352 g/mol. The number of carbonyl (C=O) groups is 1. The van der Waals surface area contributed by atoms with E-state index in [-0.39, 0.29) is 12.0 Å². The molecule has 6 heteroatoms. The first-order valence-electron chi connectivity index (χ1n) is 9.16. The number of nitrogens with one attached hydrogen (secondary N) is 1. The zero-order chi connectivity index (χ0) is 18.1. The molecule has 1 fully saturated rings. The summed E-state index contributed by atoms with van der Waals surface area (Å²) in [6, 6.07) is 10.2. The summed E-state index contributed by atoms with van der Waals surface area (Å²) in [4.78, 5) is 20.4. The highest BCUT2D eigenvalue weighted by atomic mass is 16.3. The summed E-state index contributed by atoms with van der Waals surface area (Å²) in [6.07, 6.45) is 4.65. The summed E-state index contributed by atoms with van der Waals surface area (Å²) in [5, 5.41) is 13.0. The minimum atomic E-state index is -0.160. The number of pyridine rings is 1. The number of hydrogen-bond donors (Lipinski definition) is 2. The van der Waals surface area contributed by atoms with Gasteiger partial charge < -0.3 is 20.2 Å². The molecule has 1 aromatic heterocycles. The van der Waals surface area contributed by atoms with Crippen molar-refractivity contribution in [3.8, 4) is 0 Å². The van der Waals surface area contributed by atoms with Crippen LogP contribution in [0.1, 0.15) is 24.8 Å². The lowest BCUT2D eigenvalue weighted by Gasteiger charge is -2.31. The molecule has 0 radical (unpaired) electrons. The number of amides is 1. The predicted octanol–water partition coefficient (Wildman–Crippen LogP) is 2.70. The Balaban J connectivity index is 1.47. The number of hydrogen-bond acceptors (Lipinski definition) is 5. The van der Waals surface area contributed by atoms with Crippen LogP contribution in [0.15, 0.2) is 36.5 Å². The van der Waals surface area contributed by atoms with E-state index in [4.69, 9.17) is 0 Å². The van der Waals surface area contributed by atoms with Gasteiger partial charge in [0.1, 0.15) is 5.82 Å². The third-order valence-electron chi connectivity index (χ3n) is 5.27. The van der Waals surface area contributed by atoms with Gasteiger partial charge in [-0.05, 0) is 49.1 Å². The van der Waals surface area contributed by atoms with E-state index in [0.717, 1.165) is 55.1 Å². The Morgan fingerprint density at radius 2 is 1.88 bits per heavy atom. The van der Waals surface area contributed by atoms with E-state index in [0.29, 0.717) is 6.42 Å². The molecule has 0 saturated carbocycles. The molecule has 4 rings (SSSR count). The van der Waals surface area contributed by atoms with E-state index in [1.807, 2.05) is 31.4 Å². The Morgan fingerprint density at radius 1 is 1.15 bits per heavy atom. The number of aliphatic hydroxyl groups is 1. The summed E-state index contributed by atoms with van der Waals surface area (Å²) in [6.45, 7) is 1.78. The number of fused-ring (bicyclic) bond motifs is 1. The fourth-order valence-corrected chi connectivity index (χ4v) is 3.62. The van der Waals surface area contributed by atoms with Crippen LogP contribution in [0.5, 0.6) is 0 Å². The van der Waals surface area contributed by atoms with Crippen LogP contribution in [0.2, 0.25) is 0 Å². The van der Waals surface area contributed by atoms with Crippen LogP contribution < -0.4 is 15.1 Å². The van der Waals surface area contributed by atoms with Crippen molar-refractivity contribution >= 4 is 28.8 Å². The third-order valence-corrected chi connectivity index (χ3v) is 5.27. The van der Waals surface area contributed by atoms with Gasteiger partial charge in [-0.3, -0.25) is 4.79 Å². The molecule has 0 bridgehead atoms. The molecule has 2 N–H and O–H groups in total. The van der Waals surface area contributed by atoms with Gasteiger partial charge in [0.25, 0.3) is 0 Å². The first-order chi connectivity index (χ1) is 12.6. The van der Waals surface area contributed by atoms with Crippen molar-refractivity contribution < 1.29 is 9.90 Å². The minimum Gasteiger partial charge on any atom is -0.393 e. The van der Waals surface area contributed by atoms with E-state index < -0.39 is 0 Å². The van der Waals surface area contributed by atoms with Crippen molar-refractivity contribution in [2.75, 3.05) is 35.3 Å². The van der Waals surface area contributed by atoms with E-state index in [1.54, 1.807) is 4.90 Å². The van der Waals surface area contributed by atoms with Crippen molar-refractivity contribution in [2.45, 2.75) is 31.8 Å². The lowest BCUT2D eigenvalue weighted by molar-refractivity contribution is -0.118. The van der Waals surface area contributed by atoms with Gasteiger partial charge in [0.05, 0.1) is 11.8 Å². The number of rotatable bonds is 3. The summed E-state index contributed by atoms with van der Waals surface area (Å²) in [5.74, 6) is 0.879. The maximum absolute atomic E-state index is 11.9. The zero-order valence-electron chi connectivity index (χ0n) is 15.0. The Kier molecular flexibility index (Phi) is 4.51. The molecular formula is C20H24N4O2. The van der Waals surface area contributed by atoms with E-state index in [2.05, 4.69) is 27.3 Å². The maximum Gasteiger partial charge on any atom is 0.227 e. The average Bonchev–Trinajstić information content (AvgIpc) is 2.66. The van der Waals surface area contributed by atoms with E-state index >= 15 is 0 Å². The number of piperidine rings is 1. The fourth-order valence-electron chi connectivity index (χ4n) is 3.62. The van der Waals surface area contributed by atoms with Crippen molar-refractivity contribution in [1.82, 2.24) is 4.98 Å². The number of anilines is 4. The minimum absolute atomic E-state index is 0.144. The topological polar surface area (TPSA) is 68.7 Å². The number of aliphatic hydroxyl groups excluding tert-OH is 1. The number of carbonyl (C=O) groups excluding carboxylic acids is 1. The lowest BCUT2D eigenvalue weighted by atomic mass is 10.0. The summed E-state index contributed by atoms with van der Waals surface area (Å²) >= 11 is 0. The summed E-state index contributed by atoms with van der Waals surface area (Å²) in [7, 11) is 1.81.